The highest BCUT2D eigenvalue weighted by Crippen LogP contribution is 2.25. The van der Waals surface area contributed by atoms with Crippen molar-refractivity contribution in [1.29, 1.82) is 0 Å². The molecular formula is C31H33NO4. The topological polar surface area (TPSA) is 49.0 Å². The molecule has 0 aliphatic carbocycles. The zero-order valence-corrected chi connectivity index (χ0v) is 20.7. The summed E-state index contributed by atoms with van der Waals surface area (Å²) in [5.41, 5.74) is 3.58. The van der Waals surface area contributed by atoms with Crippen molar-refractivity contribution in [3.05, 3.63) is 120 Å². The lowest BCUT2D eigenvalue weighted by Crippen LogP contribution is -2.15. The molecule has 0 heterocycles. The van der Waals surface area contributed by atoms with E-state index in [0.29, 0.717) is 33.0 Å². The fraction of sp³-hybridized carbons (Fsp3) is 0.226. The predicted octanol–water partition coefficient (Wildman–Crippen LogP) is 6.20. The number of hydrogen-bond acceptors (Lipinski definition) is 5. The van der Waals surface area contributed by atoms with Crippen molar-refractivity contribution in [3.8, 4) is 23.0 Å². The molecule has 0 aliphatic rings. The maximum absolute atomic E-state index is 6.12. The zero-order valence-electron chi connectivity index (χ0n) is 20.7. The Balaban J connectivity index is 1.32. The minimum atomic E-state index is 0.431. The zero-order chi connectivity index (χ0) is 24.8. The quantitative estimate of drug-likeness (QED) is 0.216. The molecule has 186 valence electrons. The first-order valence-electron chi connectivity index (χ1n) is 12.3. The number of rotatable bonds is 14. The van der Waals surface area contributed by atoms with Gasteiger partial charge in [0.1, 0.15) is 49.4 Å². The van der Waals surface area contributed by atoms with Gasteiger partial charge in [0, 0.05) is 24.7 Å². The van der Waals surface area contributed by atoms with Crippen LogP contribution in [0.25, 0.3) is 0 Å². The lowest BCUT2D eigenvalue weighted by molar-refractivity contribution is 0.208. The molecule has 5 heteroatoms. The Morgan fingerprint density at radius 3 is 1.78 bits per heavy atom. The van der Waals surface area contributed by atoms with Crippen molar-refractivity contribution < 1.29 is 18.9 Å². The Hall–Kier alpha value is -3.96. The summed E-state index contributed by atoms with van der Waals surface area (Å²) < 4.78 is 23.6. The molecule has 4 aromatic carbocycles. The molecule has 0 aliphatic heterocycles. The van der Waals surface area contributed by atoms with Gasteiger partial charge in [0.25, 0.3) is 0 Å². The summed E-state index contributed by atoms with van der Waals surface area (Å²) in [7, 11) is 0. The van der Waals surface area contributed by atoms with Crippen LogP contribution in [-0.4, -0.2) is 26.4 Å². The van der Waals surface area contributed by atoms with Crippen LogP contribution in [0.4, 0.5) is 0 Å². The Bertz CT molecular complexity index is 1180. The van der Waals surface area contributed by atoms with Crippen LogP contribution in [0.2, 0.25) is 0 Å². The monoisotopic (exact) mass is 483 g/mol. The molecular weight excluding hydrogens is 450 g/mol. The van der Waals surface area contributed by atoms with E-state index in [1.807, 2.05) is 78.9 Å². The Morgan fingerprint density at radius 2 is 1.14 bits per heavy atom. The van der Waals surface area contributed by atoms with Gasteiger partial charge in [-0.2, -0.15) is 0 Å². The molecule has 0 unspecified atom stereocenters. The molecule has 0 saturated heterocycles. The van der Waals surface area contributed by atoms with Crippen molar-refractivity contribution in [2.45, 2.75) is 20.0 Å². The Labute approximate surface area is 213 Å². The summed E-state index contributed by atoms with van der Waals surface area (Å²) >= 11 is 0. The smallest absolute Gasteiger partial charge is 0.127 e. The first kappa shape index (κ1) is 25.1. The number of nitrogens with one attached hydrogen (secondary N) is 1. The molecule has 4 aromatic rings. The normalized spacial score (nSPS) is 10.6. The van der Waals surface area contributed by atoms with Gasteiger partial charge < -0.3 is 24.3 Å². The number of para-hydroxylation sites is 2. The van der Waals surface area contributed by atoms with Crippen LogP contribution in [0.5, 0.6) is 23.0 Å². The number of benzene rings is 4. The van der Waals surface area contributed by atoms with Gasteiger partial charge in [-0.25, -0.2) is 0 Å². The number of hydrogen-bond donors (Lipinski definition) is 1. The van der Waals surface area contributed by atoms with Gasteiger partial charge in [-0.1, -0.05) is 72.3 Å². The summed E-state index contributed by atoms with van der Waals surface area (Å²) in [4.78, 5) is 0. The van der Waals surface area contributed by atoms with Crippen LogP contribution < -0.4 is 24.3 Å². The standard InChI is InChI=1S/C31H33NO4/c1-25-9-8-10-26(21-25)23-32-24-27-15-16-30(35-18-17-33-28-11-4-2-5-12-28)22-31(27)36-20-19-34-29-13-6-3-7-14-29/h2-16,21-22,32H,17-20,23-24H2,1H3. The maximum Gasteiger partial charge on any atom is 0.127 e. The van der Waals surface area contributed by atoms with Gasteiger partial charge in [-0.05, 0) is 42.8 Å². The highest BCUT2D eigenvalue weighted by Gasteiger charge is 2.08. The molecule has 0 radical (unpaired) electrons. The van der Waals surface area contributed by atoms with E-state index >= 15 is 0 Å². The third-order valence-corrected chi connectivity index (χ3v) is 5.48. The van der Waals surface area contributed by atoms with Crippen molar-refractivity contribution in [1.82, 2.24) is 5.32 Å². The molecule has 0 amide bonds. The van der Waals surface area contributed by atoms with E-state index in [1.165, 1.54) is 11.1 Å². The molecule has 4 rings (SSSR count). The fourth-order valence-corrected chi connectivity index (χ4v) is 3.73. The second-order valence-corrected chi connectivity index (χ2v) is 8.38. The van der Waals surface area contributed by atoms with Gasteiger partial charge >= 0.3 is 0 Å². The van der Waals surface area contributed by atoms with Gasteiger partial charge in [-0.15, -0.1) is 0 Å². The van der Waals surface area contributed by atoms with Crippen LogP contribution in [0, 0.1) is 6.92 Å². The highest BCUT2D eigenvalue weighted by molar-refractivity contribution is 5.41. The lowest BCUT2D eigenvalue weighted by atomic mass is 10.1. The summed E-state index contributed by atoms with van der Waals surface area (Å²) in [6.45, 7) is 5.36. The van der Waals surface area contributed by atoms with Crippen LogP contribution in [-0.2, 0) is 13.1 Å². The molecule has 0 bridgehead atoms. The van der Waals surface area contributed by atoms with Crippen molar-refractivity contribution in [2.75, 3.05) is 26.4 Å². The SMILES string of the molecule is Cc1cccc(CNCc2ccc(OCCOc3ccccc3)cc2OCCOc2ccccc2)c1. The van der Waals surface area contributed by atoms with E-state index in [2.05, 4.69) is 36.5 Å². The van der Waals surface area contributed by atoms with Crippen molar-refractivity contribution >= 4 is 0 Å². The maximum atomic E-state index is 6.12. The molecule has 0 aromatic heterocycles. The summed E-state index contributed by atoms with van der Waals surface area (Å²) in [5.74, 6) is 3.19. The molecule has 0 saturated carbocycles. The Morgan fingerprint density at radius 1 is 0.528 bits per heavy atom. The average molecular weight is 484 g/mol. The second kappa shape index (κ2) is 13.8. The van der Waals surface area contributed by atoms with Crippen LogP contribution >= 0.6 is 0 Å². The van der Waals surface area contributed by atoms with E-state index in [1.54, 1.807) is 0 Å². The largest absolute Gasteiger partial charge is 0.490 e. The predicted molar refractivity (Wildman–Crippen MR) is 143 cm³/mol. The molecule has 0 atom stereocenters. The fourth-order valence-electron chi connectivity index (χ4n) is 3.73. The summed E-state index contributed by atoms with van der Waals surface area (Å²) in [6.07, 6.45) is 0. The van der Waals surface area contributed by atoms with E-state index in [9.17, 15) is 0 Å². The Kier molecular flexibility index (Phi) is 9.64. The van der Waals surface area contributed by atoms with E-state index in [0.717, 1.165) is 35.1 Å². The van der Waals surface area contributed by atoms with Gasteiger partial charge in [-0.3, -0.25) is 0 Å². The number of aryl methyl sites for hydroxylation is 1. The van der Waals surface area contributed by atoms with E-state index in [-0.39, 0.29) is 0 Å². The molecule has 1 N–H and O–H groups in total. The van der Waals surface area contributed by atoms with Crippen molar-refractivity contribution in [3.63, 3.8) is 0 Å². The first-order valence-corrected chi connectivity index (χ1v) is 12.3. The summed E-state index contributed by atoms with van der Waals surface area (Å²) in [6, 6.07) is 34.0. The van der Waals surface area contributed by atoms with Crippen molar-refractivity contribution in [2.24, 2.45) is 0 Å². The van der Waals surface area contributed by atoms with Gasteiger partial charge in [0.15, 0.2) is 0 Å². The minimum Gasteiger partial charge on any atom is -0.490 e. The molecule has 5 nitrogen and oxygen atoms in total. The van der Waals surface area contributed by atoms with Crippen LogP contribution in [0.3, 0.4) is 0 Å². The lowest BCUT2D eigenvalue weighted by Gasteiger charge is -2.15. The van der Waals surface area contributed by atoms with Crippen LogP contribution in [0.1, 0.15) is 16.7 Å². The minimum absolute atomic E-state index is 0.431. The number of ether oxygens (including phenoxy) is 4. The van der Waals surface area contributed by atoms with E-state index < -0.39 is 0 Å². The van der Waals surface area contributed by atoms with Crippen LogP contribution in [0.15, 0.2) is 103 Å². The summed E-state index contributed by atoms with van der Waals surface area (Å²) in [5, 5.41) is 3.52. The molecule has 0 spiro atoms. The van der Waals surface area contributed by atoms with E-state index in [4.69, 9.17) is 18.9 Å². The average Bonchev–Trinajstić information content (AvgIpc) is 2.91. The third kappa shape index (κ3) is 8.36. The third-order valence-electron chi connectivity index (χ3n) is 5.48. The highest BCUT2D eigenvalue weighted by atomic mass is 16.5. The van der Waals surface area contributed by atoms with Gasteiger partial charge in [0.2, 0.25) is 0 Å². The molecule has 36 heavy (non-hydrogen) atoms. The van der Waals surface area contributed by atoms with Gasteiger partial charge in [0.05, 0.1) is 0 Å². The first-order chi connectivity index (χ1) is 17.8. The molecule has 0 fully saturated rings. The second-order valence-electron chi connectivity index (χ2n) is 8.38.